The smallest absolute Gasteiger partial charge is 0.378 e. The highest BCUT2D eigenvalue weighted by Gasteiger charge is 2.40. The number of amides is 2. The maximum absolute atomic E-state index is 13.2. The molecular weight excluding hydrogens is 450 g/mol. The highest BCUT2D eigenvalue weighted by Crippen LogP contribution is 2.39. The van der Waals surface area contributed by atoms with E-state index in [1.165, 1.54) is 10.6 Å². The number of hydrogen-bond acceptors (Lipinski definition) is 5. The number of likely N-dealkylation sites (tertiary alicyclic amines) is 1. The molecule has 35 heavy (non-hydrogen) atoms. The van der Waals surface area contributed by atoms with Crippen LogP contribution in [0.4, 0.5) is 0 Å². The van der Waals surface area contributed by atoms with Gasteiger partial charge in [-0.15, -0.1) is 0 Å². The molecule has 2 amide bonds. The van der Waals surface area contributed by atoms with Gasteiger partial charge >= 0.3 is 17.1 Å². The quantitative estimate of drug-likeness (QED) is 0.421. The third-order valence-electron chi connectivity index (χ3n) is 7.37. The second-order valence-corrected chi connectivity index (χ2v) is 10.6. The first-order valence-electron chi connectivity index (χ1n) is 12.5. The van der Waals surface area contributed by atoms with Crippen molar-refractivity contribution in [3.8, 4) is 5.88 Å². The molecule has 1 saturated carbocycles. The van der Waals surface area contributed by atoms with Crippen LogP contribution in [0.5, 0.6) is 5.88 Å². The Bertz CT molecular complexity index is 1230. The van der Waals surface area contributed by atoms with Gasteiger partial charge in [-0.1, -0.05) is 18.4 Å². The Morgan fingerprint density at radius 1 is 1.31 bits per heavy atom. The summed E-state index contributed by atoms with van der Waals surface area (Å²) in [5.41, 5.74) is 0.264. The standard InChI is InChI=1S/C25H33N5O5/c1-16(2)14-29-22-17(3-6-19(31)28-10-7-25(15-28)8-11-35-12-9-25)13-26-30(22)24(34)20(23(29)33)21(32)27-18-4-5-18/h3,6,13,16,18H,4-5,7-12,14-15H2,1-2H3,(H2,27,32,33,34)/p+1/b6-3+. The maximum Gasteiger partial charge on any atom is 0.378 e. The molecule has 3 N–H and O–H groups in total. The van der Waals surface area contributed by atoms with E-state index >= 15 is 0 Å². The number of hydrogen-bond donors (Lipinski definition) is 3. The Kier molecular flexibility index (Phi) is 6.16. The summed E-state index contributed by atoms with van der Waals surface area (Å²) in [5, 5.41) is 16.7. The SMILES string of the molecule is CC(C)C[n+]1c(O)c(C(=O)NC2CC2)c(=O)n2[nH]cc(/C=C/C(=O)N3CCC4(CCOCC4)C3)c21. The molecule has 2 saturated heterocycles. The molecule has 1 aliphatic carbocycles. The lowest BCUT2D eigenvalue weighted by Gasteiger charge is -2.32. The van der Waals surface area contributed by atoms with Crippen molar-refractivity contribution in [1.29, 1.82) is 0 Å². The molecule has 1 spiro atoms. The second-order valence-electron chi connectivity index (χ2n) is 10.6. The van der Waals surface area contributed by atoms with Gasteiger partial charge in [-0.2, -0.15) is 4.57 Å². The minimum absolute atomic E-state index is 0.0551. The van der Waals surface area contributed by atoms with Crippen molar-refractivity contribution in [2.75, 3.05) is 26.3 Å². The van der Waals surface area contributed by atoms with Gasteiger partial charge in [-0.05, 0) is 49.5 Å². The van der Waals surface area contributed by atoms with Crippen molar-refractivity contribution >= 4 is 23.5 Å². The molecule has 0 unspecified atom stereocenters. The molecule has 0 radical (unpaired) electrons. The number of carbonyl (C=O) groups excluding carboxylic acids is 2. The van der Waals surface area contributed by atoms with Crippen LogP contribution in [-0.4, -0.2) is 63.8 Å². The van der Waals surface area contributed by atoms with Crippen LogP contribution < -0.4 is 15.4 Å². The number of nitrogens with zero attached hydrogens (tertiary/aromatic N) is 3. The van der Waals surface area contributed by atoms with Crippen LogP contribution in [0, 0.1) is 11.3 Å². The molecule has 10 heteroatoms. The highest BCUT2D eigenvalue weighted by molar-refractivity contribution is 5.96. The van der Waals surface area contributed by atoms with Gasteiger partial charge in [0.25, 0.3) is 5.91 Å². The Balaban J connectivity index is 1.45. The zero-order valence-electron chi connectivity index (χ0n) is 20.4. The normalized spacial score (nSPS) is 19.9. The summed E-state index contributed by atoms with van der Waals surface area (Å²) in [5.74, 6) is -0.862. The Labute approximate surface area is 203 Å². The minimum Gasteiger partial charge on any atom is -0.477 e. The van der Waals surface area contributed by atoms with Crippen molar-refractivity contribution in [2.24, 2.45) is 11.3 Å². The number of rotatable bonds is 6. The van der Waals surface area contributed by atoms with E-state index in [1.54, 1.807) is 16.8 Å². The topological polar surface area (TPSA) is 120 Å². The predicted molar refractivity (Wildman–Crippen MR) is 128 cm³/mol. The molecule has 0 atom stereocenters. The van der Waals surface area contributed by atoms with E-state index in [9.17, 15) is 19.5 Å². The first-order valence-corrected chi connectivity index (χ1v) is 12.5. The van der Waals surface area contributed by atoms with Gasteiger partial charge in [-0.3, -0.25) is 9.59 Å². The summed E-state index contributed by atoms with van der Waals surface area (Å²) in [4.78, 5) is 40.7. The van der Waals surface area contributed by atoms with Gasteiger partial charge in [0.2, 0.25) is 11.5 Å². The van der Waals surface area contributed by atoms with Crippen molar-refractivity contribution in [2.45, 2.75) is 58.5 Å². The van der Waals surface area contributed by atoms with Gasteiger partial charge < -0.3 is 20.1 Å². The van der Waals surface area contributed by atoms with Gasteiger partial charge in [0.05, 0.1) is 18.3 Å². The van der Waals surface area contributed by atoms with Crippen LogP contribution in [0.15, 0.2) is 17.1 Å². The van der Waals surface area contributed by atoms with E-state index in [-0.39, 0.29) is 34.7 Å². The zero-order valence-corrected chi connectivity index (χ0v) is 20.4. The van der Waals surface area contributed by atoms with Gasteiger partial charge in [-0.25, -0.2) is 9.89 Å². The lowest BCUT2D eigenvalue weighted by Crippen LogP contribution is -2.46. The maximum atomic E-state index is 13.2. The van der Waals surface area contributed by atoms with Crippen LogP contribution in [0.3, 0.4) is 0 Å². The van der Waals surface area contributed by atoms with Crippen molar-refractivity contribution in [1.82, 2.24) is 19.8 Å². The number of nitrogens with one attached hydrogen (secondary N) is 2. The van der Waals surface area contributed by atoms with Gasteiger partial charge in [0, 0.05) is 38.4 Å². The fourth-order valence-electron chi connectivity index (χ4n) is 5.21. The zero-order chi connectivity index (χ0) is 24.7. The molecular formula is C25H34N5O5+. The number of aromatic nitrogens is 3. The first kappa shape index (κ1) is 23.6. The number of fused-ring (bicyclic) bond motifs is 1. The van der Waals surface area contributed by atoms with Crippen LogP contribution in [-0.2, 0) is 16.1 Å². The average Bonchev–Trinajstić information content (AvgIpc) is 3.38. The van der Waals surface area contributed by atoms with E-state index in [0.717, 1.165) is 58.4 Å². The molecule has 2 aromatic heterocycles. The number of H-pyrrole nitrogens is 1. The van der Waals surface area contributed by atoms with Crippen molar-refractivity contribution < 1.29 is 24.0 Å². The highest BCUT2D eigenvalue weighted by atomic mass is 16.5. The van der Waals surface area contributed by atoms with Crippen LogP contribution in [0.1, 0.15) is 61.9 Å². The molecule has 2 aromatic rings. The van der Waals surface area contributed by atoms with Crippen molar-refractivity contribution in [3.05, 3.63) is 33.8 Å². The van der Waals surface area contributed by atoms with Crippen LogP contribution >= 0.6 is 0 Å². The molecule has 3 aliphatic rings. The molecule has 4 heterocycles. The lowest BCUT2D eigenvalue weighted by atomic mass is 9.80. The average molecular weight is 485 g/mol. The fraction of sp³-hybridized carbons (Fsp3) is 0.600. The number of carbonyl (C=O) groups is 2. The monoisotopic (exact) mass is 484 g/mol. The van der Waals surface area contributed by atoms with Gasteiger partial charge in [0.1, 0.15) is 0 Å². The van der Waals surface area contributed by atoms with E-state index in [4.69, 9.17) is 4.74 Å². The number of aromatic hydroxyl groups is 1. The second kappa shape index (κ2) is 9.14. The van der Waals surface area contributed by atoms with Crippen LogP contribution in [0.25, 0.3) is 11.7 Å². The fourth-order valence-corrected chi connectivity index (χ4v) is 5.21. The summed E-state index contributed by atoms with van der Waals surface area (Å²) in [6.07, 6.45) is 9.52. The third-order valence-corrected chi connectivity index (χ3v) is 7.37. The summed E-state index contributed by atoms with van der Waals surface area (Å²) in [6.45, 7) is 7.34. The lowest BCUT2D eigenvalue weighted by molar-refractivity contribution is -0.686. The largest absolute Gasteiger partial charge is 0.477 e. The van der Waals surface area contributed by atoms with Crippen molar-refractivity contribution in [3.63, 3.8) is 0 Å². The molecule has 3 fully saturated rings. The number of aromatic amines is 1. The Morgan fingerprint density at radius 3 is 2.74 bits per heavy atom. The Hall–Kier alpha value is -3.14. The van der Waals surface area contributed by atoms with E-state index in [1.807, 2.05) is 18.7 Å². The third kappa shape index (κ3) is 4.59. The molecule has 188 valence electrons. The summed E-state index contributed by atoms with van der Waals surface area (Å²) in [6, 6.07) is 0.0551. The summed E-state index contributed by atoms with van der Waals surface area (Å²) in [7, 11) is 0. The van der Waals surface area contributed by atoms with Crippen LogP contribution in [0.2, 0.25) is 0 Å². The molecule has 0 aromatic carbocycles. The predicted octanol–water partition coefficient (Wildman–Crippen LogP) is 1.21. The molecule has 10 nitrogen and oxygen atoms in total. The summed E-state index contributed by atoms with van der Waals surface area (Å²) < 4.78 is 8.33. The molecule has 0 bridgehead atoms. The minimum atomic E-state index is -0.623. The van der Waals surface area contributed by atoms with E-state index in [0.29, 0.717) is 17.8 Å². The van der Waals surface area contributed by atoms with Gasteiger partial charge in [0.15, 0.2) is 0 Å². The molecule has 5 rings (SSSR count). The molecule has 2 aliphatic heterocycles. The van der Waals surface area contributed by atoms with E-state index in [2.05, 4.69) is 10.4 Å². The Morgan fingerprint density at radius 2 is 2.06 bits per heavy atom. The summed E-state index contributed by atoms with van der Waals surface area (Å²) >= 11 is 0. The number of ether oxygens (including phenoxy) is 1. The first-order chi connectivity index (χ1) is 16.8. The van der Waals surface area contributed by atoms with E-state index < -0.39 is 11.5 Å².